The van der Waals surface area contributed by atoms with Crippen LogP contribution in [0.5, 0.6) is 0 Å². The zero-order chi connectivity index (χ0) is 17.9. The van der Waals surface area contributed by atoms with E-state index in [1.807, 2.05) is 11.1 Å². The van der Waals surface area contributed by atoms with Gasteiger partial charge in [0.1, 0.15) is 17.7 Å². The number of aromatic nitrogens is 4. The summed E-state index contributed by atoms with van der Waals surface area (Å²) in [6, 6.07) is 0. The summed E-state index contributed by atoms with van der Waals surface area (Å²) in [7, 11) is 0. The molecule has 2 saturated heterocycles. The predicted octanol–water partition coefficient (Wildman–Crippen LogP) is 1.12. The highest BCUT2D eigenvalue weighted by Gasteiger charge is 2.40. The monoisotopic (exact) mass is 356 g/mol. The zero-order valence-electron chi connectivity index (χ0n) is 15.0. The van der Waals surface area contributed by atoms with E-state index in [9.17, 15) is 4.79 Å². The molecule has 0 N–H and O–H groups in total. The first-order valence-corrected chi connectivity index (χ1v) is 9.20. The summed E-state index contributed by atoms with van der Waals surface area (Å²) in [6.45, 7) is 6.44. The van der Waals surface area contributed by atoms with Gasteiger partial charge in [-0.15, -0.1) is 0 Å². The first kappa shape index (κ1) is 17.0. The molecular formula is C18H24N6O2. The standard InChI is InChI=1S/C18H24N6O2/c1-2-22-7-6-21-17(22)16-14(3-12-26-16)18(25)24-10-8-23(9-11-24)15-13-19-4-5-20-15/h4-7,13-14,16H,2-3,8-12H2,1H3/t14-,16-/m1/s1. The van der Waals surface area contributed by atoms with Gasteiger partial charge in [0.2, 0.25) is 5.91 Å². The molecule has 2 aromatic rings. The van der Waals surface area contributed by atoms with Crippen LogP contribution in [-0.2, 0) is 16.1 Å². The molecule has 0 aromatic carbocycles. The molecule has 2 fully saturated rings. The van der Waals surface area contributed by atoms with Crippen molar-refractivity contribution in [3.05, 3.63) is 36.8 Å². The largest absolute Gasteiger partial charge is 0.369 e. The number of ether oxygens (including phenoxy) is 1. The minimum absolute atomic E-state index is 0.147. The van der Waals surface area contributed by atoms with Crippen LogP contribution in [0.2, 0.25) is 0 Å². The number of anilines is 1. The van der Waals surface area contributed by atoms with Gasteiger partial charge in [0.05, 0.1) is 12.1 Å². The Morgan fingerprint density at radius 1 is 1.19 bits per heavy atom. The Labute approximate surface area is 152 Å². The average molecular weight is 356 g/mol. The van der Waals surface area contributed by atoms with Crippen LogP contribution in [0.25, 0.3) is 0 Å². The molecule has 0 aliphatic carbocycles. The average Bonchev–Trinajstić information content (AvgIpc) is 3.37. The molecule has 0 radical (unpaired) electrons. The first-order valence-electron chi connectivity index (χ1n) is 9.20. The number of nitrogens with zero attached hydrogens (tertiary/aromatic N) is 6. The lowest BCUT2D eigenvalue weighted by Gasteiger charge is -2.36. The molecule has 2 aromatic heterocycles. The maximum Gasteiger partial charge on any atom is 0.228 e. The number of piperazine rings is 1. The summed E-state index contributed by atoms with van der Waals surface area (Å²) < 4.78 is 7.95. The van der Waals surface area contributed by atoms with Crippen molar-refractivity contribution in [2.75, 3.05) is 37.7 Å². The predicted molar refractivity (Wildman–Crippen MR) is 95.5 cm³/mol. The number of amides is 1. The highest BCUT2D eigenvalue weighted by atomic mass is 16.5. The van der Waals surface area contributed by atoms with Crippen LogP contribution in [-0.4, -0.2) is 63.1 Å². The topological polar surface area (TPSA) is 76.4 Å². The number of carbonyl (C=O) groups is 1. The Morgan fingerprint density at radius 2 is 2.04 bits per heavy atom. The van der Waals surface area contributed by atoms with Crippen molar-refractivity contribution >= 4 is 11.7 Å². The van der Waals surface area contributed by atoms with Crippen molar-refractivity contribution in [1.29, 1.82) is 0 Å². The maximum absolute atomic E-state index is 13.1. The van der Waals surface area contributed by atoms with Crippen molar-refractivity contribution in [2.24, 2.45) is 5.92 Å². The lowest BCUT2D eigenvalue weighted by Crippen LogP contribution is -2.51. The van der Waals surface area contributed by atoms with Crippen molar-refractivity contribution in [3.63, 3.8) is 0 Å². The van der Waals surface area contributed by atoms with Crippen LogP contribution in [0.4, 0.5) is 5.82 Å². The molecule has 0 saturated carbocycles. The number of aryl methyl sites for hydroxylation is 1. The van der Waals surface area contributed by atoms with E-state index >= 15 is 0 Å². The first-order chi connectivity index (χ1) is 12.8. The molecule has 4 heterocycles. The SMILES string of the molecule is CCn1ccnc1[C@@H]1OCC[C@H]1C(=O)N1CCN(c2cnccn2)CC1. The molecular weight excluding hydrogens is 332 g/mol. The van der Waals surface area contributed by atoms with Gasteiger partial charge in [0, 0.05) is 64.1 Å². The van der Waals surface area contributed by atoms with Gasteiger partial charge >= 0.3 is 0 Å². The van der Waals surface area contributed by atoms with Crippen LogP contribution in [0.3, 0.4) is 0 Å². The number of imidazole rings is 1. The molecule has 4 rings (SSSR count). The van der Waals surface area contributed by atoms with Crippen molar-refractivity contribution < 1.29 is 9.53 Å². The van der Waals surface area contributed by atoms with E-state index in [1.165, 1.54) is 0 Å². The molecule has 2 aliphatic heterocycles. The van der Waals surface area contributed by atoms with E-state index < -0.39 is 0 Å². The highest BCUT2D eigenvalue weighted by molar-refractivity contribution is 5.80. The van der Waals surface area contributed by atoms with E-state index in [-0.39, 0.29) is 17.9 Å². The van der Waals surface area contributed by atoms with Crippen LogP contribution < -0.4 is 4.90 Å². The second-order valence-corrected chi connectivity index (χ2v) is 6.63. The van der Waals surface area contributed by atoms with Crippen molar-refractivity contribution in [1.82, 2.24) is 24.4 Å². The Hall–Kier alpha value is -2.48. The molecule has 1 amide bonds. The lowest BCUT2D eigenvalue weighted by atomic mass is 9.98. The zero-order valence-corrected chi connectivity index (χ0v) is 15.0. The summed E-state index contributed by atoms with van der Waals surface area (Å²) >= 11 is 0. The number of hydrogen-bond acceptors (Lipinski definition) is 6. The van der Waals surface area contributed by atoms with Gasteiger partial charge in [0.25, 0.3) is 0 Å². The third-order valence-electron chi connectivity index (χ3n) is 5.22. The van der Waals surface area contributed by atoms with Crippen molar-refractivity contribution in [3.8, 4) is 0 Å². The van der Waals surface area contributed by atoms with Crippen LogP contribution >= 0.6 is 0 Å². The molecule has 26 heavy (non-hydrogen) atoms. The maximum atomic E-state index is 13.1. The molecule has 0 spiro atoms. The van der Waals surface area contributed by atoms with Gasteiger partial charge in [-0.3, -0.25) is 9.78 Å². The summed E-state index contributed by atoms with van der Waals surface area (Å²) in [4.78, 5) is 30.1. The highest BCUT2D eigenvalue weighted by Crippen LogP contribution is 2.35. The summed E-state index contributed by atoms with van der Waals surface area (Å²) in [6.07, 6.45) is 9.37. The molecule has 2 aliphatic rings. The van der Waals surface area contributed by atoms with E-state index in [2.05, 4.69) is 31.3 Å². The van der Waals surface area contributed by atoms with E-state index in [0.29, 0.717) is 19.7 Å². The number of carbonyl (C=O) groups excluding carboxylic acids is 1. The Balaban J connectivity index is 1.41. The van der Waals surface area contributed by atoms with Crippen LogP contribution in [0, 0.1) is 5.92 Å². The second kappa shape index (κ2) is 7.41. The van der Waals surface area contributed by atoms with Gasteiger partial charge in [-0.05, 0) is 13.3 Å². The number of rotatable bonds is 4. The number of hydrogen-bond donors (Lipinski definition) is 0. The fourth-order valence-electron chi connectivity index (χ4n) is 3.79. The third-order valence-corrected chi connectivity index (χ3v) is 5.22. The molecule has 2 atom stereocenters. The lowest BCUT2D eigenvalue weighted by molar-refractivity contribution is -0.138. The van der Waals surface area contributed by atoms with E-state index in [1.54, 1.807) is 24.8 Å². The molecule has 0 unspecified atom stereocenters. The minimum Gasteiger partial charge on any atom is -0.369 e. The fourth-order valence-corrected chi connectivity index (χ4v) is 3.79. The van der Waals surface area contributed by atoms with Gasteiger partial charge in [-0.25, -0.2) is 9.97 Å². The fraction of sp³-hybridized carbons (Fsp3) is 0.556. The molecule has 8 nitrogen and oxygen atoms in total. The van der Waals surface area contributed by atoms with Crippen LogP contribution in [0.1, 0.15) is 25.3 Å². The van der Waals surface area contributed by atoms with E-state index in [4.69, 9.17) is 4.74 Å². The minimum atomic E-state index is -0.240. The quantitative estimate of drug-likeness (QED) is 0.817. The third kappa shape index (κ3) is 3.16. The second-order valence-electron chi connectivity index (χ2n) is 6.63. The van der Waals surface area contributed by atoms with E-state index in [0.717, 1.165) is 37.7 Å². The smallest absolute Gasteiger partial charge is 0.228 e. The normalized spacial score (nSPS) is 23.4. The van der Waals surface area contributed by atoms with Gasteiger partial charge in [-0.2, -0.15) is 0 Å². The van der Waals surface area contributed by atoms with Gasteiger partial charge < -0.3 is 19.1 Å². The van der Waals surface area contributed by atoms with Crippen molar-refractivity contribution in [2.45, 2.75) is 26.0 Å². The van der Waals surface area contributed by atoms with Gasteiger partial charge in [-0.1, -0.05) is 0 Å². The Bertz CT molecular complexity index is 741. The molecule has 138 valence electrons. The summed E-state index contributed by atoms with van der Waals surface area (Å²) in [5, 5.41) is 0. The summed E-state index contributed by atoms with van der Waals surface area (Å²) in [5.74, 6) is 1.76. The molecule has 0 bridgehead atoms. The van der Waals surface area contributed by atoms with Gasteiger partial charge in [0.15, 0.2) is 0 Å². The Kier molecular flexibility index (Phi) is 4.83. The summed E-state index contributed by atoms with van der Waals surface area (Å²) in [5.41, 5.74) is 0. The van der Waals surface area contributed by atoms with Crippen LogP contribution in [0.15, 0.2) is 31.0 Å². The Morgan fingerprint density at radius 3 is 2.77 bits per heavy atom. The molecule has 8 heteroatoms.